The number of aliphatic hydroxyl groups excluding tert-OH is 1. The van der Waals surface area contributed by atoms with Gasteiger partial charge in [-0.05, 0) is 36.6 Å². The fourth-order valence-corrected chi connectivity index (χ4v) is 5.59. The summed E-state index contributed by atoms with van der Waals surface area (Å²) in [6.07, 6.45) is 5.87. The number of anilines is 2. The van der Waals surface area contributed by atoms with Crippen LogP contribution in [0.1, 0.15) is 43.7 Å². The minimum Gasteiger partial charge on any atom is -0.394 e. The van der Waals surface area contributed by atoms with E-state index in [0.717, 1.165) is 30.6 Å². The Morgan fingerprint density at radius 2 is 1.89 bits per heavy atom. The van der Waals surface area contributed by atoms with Gasteiger partial charge >= 0.3 is 0 Å². The fourth-order valence-electron chi connectivity index (χ4n) is 5.59. The number of nitrogens with zero attached hydrogens (tertiary/aromatic N) is 3. The third-order valence-electron chi connectivity index (χ3n) is 7.90. The van der Waals surface area contributed by atoms with Gasteiger partial charge in [0.2, 0.25) is 11.8 Å². The van der Waals surface area contributed by atoms with Gasteiger partial charge in [-0.1, -0.05) is 49.4 Å². The van der Waals surface area contributed by atoms with Gasteiger partial charge in [-0.25, -0.2) is 0 Å². The van der Waals surface area contributed by atoms with E-state index in [0.29, 0.717) is 30.8 Å². The third-order valence-corrected chi connectivity index (χ3v) is 7.90. The lowest BCUT2D eigenvalue weighted by Gasteiger charge is -2.31. The molecule has 2 saturated heterocycles. The second-order valence-electron chi connectivity index (χ2n) is 10.1. The number of hydrogen-bond acceptors (Lipinski definition) is 5. The maximum Gasteiger partial charge on any atom is 0.264 e. The van der Waals surface area contributed by atoms with Crippen LogP contribution in [0.4, 0.5) is 11.4 Å². The molecule has 8 heteroatoms. The molecule has 0 saturated carbocycles. The molecule has 3 aliphatic rings. The minimum absolute atomic E-state index is 0.0359. The van der Waals surface area contributed by atoms with E-state index in [1.165, 1.54) is 0 Å². The van der Waals surface area contributed by atoms with Gasteiger partial charge in [-0.2, -0.15) is 0 Å². The first-order chi connectivity index (χ1) is 17.8. The zero-order chi connectivity index (χ0) is 26.2. The van der Waals surface area contributed by atoms with Crippen molar-refractivity contribution in [1.29, 1.82) is 0 Å². The molecule has 0 bridgehead atoms. The van der Waals surface area contributed by atoms with Crippen LogP contribution in [0.25, 0.3) is 0 Å². The maximum atomic E-state index is 13.7. The summed E-state index contributed by atoms with van der Waals surface area (Å²) in [6.45, 7) is 3.41. The average Bonchev–Trinajstić information content (AvgIpc) is 3.47. The minimum atomic E-state index is -1.75. The summed E-state index contributed by atoms with van der Waals surface area (Å²) < 4.78 is 0. The molecule has 0 aliphatic carbocycles. The van der Waals surface area contributed by atoms with Gasteiger partial charge in [-0.15, -0.1) is 0 Å². The first-order valence-corrected chi connectivity index (χ1v) is 12.9. The van der Waals surface area contributed by atoms with Crippen molar-refractivity contribution in [3.8, 4) is 0 Å². The molecule has 3 amide bonds. The molecule has 2 N–H and O–H groups in total. The van der Waals surface area contributed by atoms with Crippen molar-refractivity contribution in [2.45, 2.75) is 50.8 Å². The van der Waals surface area contributed by atoms with Gasteiger partial charge in [0, 0.05) is 43.1 Å². The molecule has 0 radical (unpaired) electrons. The van der Waals surface area contributed by atoms with Crippen LogP contribution in [0, 0.1) is 5.92 Å². The van der Waals surface area contributed by atoms with E-state index in [-0.39, 0.29) is 30.9 Å². The Balaban J connectivity index is 1.31. The second-order valence-corrected chi connectivity index (χ2v) is 10.1. The van der Waals surface area contributed by atoms with Crippen LogP contribution in [0.15, 0.2) is 60.7 Å². The number of hydrogen-bond donors (Lipinski definition) is 2. The molecule has 2 aromatic carbocycles. The lowest BCUT2D eigenvalue weighted by Crippen LogP contribution is -2.44. The smallest absolute Gasteiger partial charge is 0.264 e. The average molecular weight is 504 g/mol. The van der Waals surface area contributed by atoms with E-state index in [1.54, 1.807) is 39.8 Å². The van der Waals surface area contributed by atoms with E-state index >= 15 is 0 Å². The molecule has 2 aromatic rings. The molecule has 37 heavy (non-hydrogen) atoms. The lowest BCUT2D eigenvalue weighted by molar-refractivity contribution is -0.139. The molecule has 0 unspecified atom stereocenters. The molecule has 0 aromatic heterocycles. The lowest BCUT2D eigenvalue weighted by atomic mass is 9.83. The largest absolute Gasteiger partial charge is 0.394 e. The highest BCUT2D eigenvalue weighted by Gasteiger charge is 2.52. The van der Waals surface area contributed by atoms with Crippen molar-refractivity contribution in [1.82, 2.24) is 4.90 Å². The zero-order valence-corrected chi connectivity index (χ0v) is 21.0. The second kappa shape index (κ2) is 10.1. The molecule has 194 valence electrons. The number of β-lactam (4-membered cyclic amide) rings is 1. The quantitative estimate of drug-likeness (QED) is 0.426. The van der Waals surface area contributed by atoms with Gasteiger partial charge < -0.3 is 24.9 Å². The van der Waals surface area contributed by atoms with Crippen molar-refractivity contribution < 1.29 is 24.6 Å². The fraction of sp³-hybridized carbons (Fsp3) is 0.414. The van der Waals surface area contributed by atoms with Crippen LogP contribution in [0.5, 0.6) is 0 Å². The summed E-state index contributed by atoms with van der Waals surface area (Å²) >= 11 is 0. The Morgan fingerprint density at radius 3 is 2.57 bits per heavy atom. The number of carbonyl (C=O) groups is 3. The topological polar surface area (TPSA) is 101 Å². The van der Waals surface area contributed by atoms with E-state index in [4.69, 9.17) is 0 Å². The molecular formula is C29H33N3O5. The Bertz CT molecular complexity index is 1230. The Kier molecular flexibility index (Phi) is 6.88. The van der Waals surface area contributed by atoms with Gasteiger partial charge in [0.05, 0.1) is 24.9 Å². The summed E-state index contributed by atoms with van der Waals surface area (Å²) in [5.74, 6) is -0.918. The summed E-state index contributed by atoms with van der Waals surface area (Å²) in [7, 11) is 0. The summed E-state index contributed by atoms with van der Waals surface area (Å²) in [4.78, 5) is 43.1. The highest BCUT2D eigenvalue weighted by Crippen LogP contribution is 2.45. The van der Waals surface area contributed by atoms with Crippen molar-refractivity contribution in [3.63, 3.8) is 0 Å². The molecule has 3 heterocycles. The van der Waals surface area contributed by atoms with Crippen LogP contribution < -0.4 is 9.80 Å². The van der Waals surface area contributed by atoms with E-state index in [1.807, 2.05) is 42.5 Å². The Hall–Kier alpha value is -3.49. The monoisotopic (exact) mass is 503 g/mol. The normalized spacial score (nSPS) is 24.1. The van der Waals surface area contributed by atoms with E-state index in [2.05, 4.69) is 0 Å². The van der Waals surface area contributed by atoms with Gasteiger partial charge in [0.15, 0.2) is 5.60 Å². The number of carbonyl (C=O) groups excluding carboxylic acids is 3. The van der Waals surface area contributed by atoms with E-state index in [9.17, 15) is 24.6 Å². The van der Waals surface area contributed by atoms with Crippen molar-refractivity contribution >= 4 is 29.1 Å². The predicted molar refractivity (Wildman–Crippen MR) is 140 cm³/mol. The molecule has 8 nitrogen and oxygen atoms in total. The Morgan fingerprint density at radius 1 is 1.14 bits per heavy atom. The number of fused-ring (bicyclic) bond motifs is 1. The molecule has 2 fully saturated rings. The Labute approximate surface area is 216 Å². The highest BCUT2D eigenvalue weighted by molar-refractivity contribution is 6.07. The number of aliphatic hydroxyl groups is 2. The molecular weight excluding hydrogens is 470 g/mol. The highest BCUT2D eigenvalue weighted by atomic mass is 16.3. The SMILES string of the molecule is C[C@H](/C=C/CC(=O)N1CCC[C@H]1CO)[C@@]1(O)C(=O)N(Cc2ccc(N3CCC3=O)cc2)c2ccccc21. The van der Waals surface area contributed by atoms with Gasteiger partial charge in [0.1, 0.15) is 0 Å². The molecule has 3 aliphatic heterocycles. The van der Waals surface area contributed by atoms with Crippen molar-refractivity contribution in [2.24, 2.45) is 5.92 Å². The van der Waals surface area contributed by atoms with E-state index < -0.39 is 17.4 Å². The summed E-state index contributed by atoms with van der Waals surface area (Å²) in [5.41, 5.74) is 1.20. The molecule has 5 rings (SSSR count). The molecule has 0 spiro atoms. The third kappa shape index (κ3) is 4.45. The van der Waals surface area contributed by atoms with Crippen molar-refractivity contribution in [2.75, 3.05) is 29.5 Å². The number of para-hydroxylation sites is 1. The zero-order valence-electron chi connectivity index (χ0n) is 21.0. The number of amides is 3. The van der Waals surface area contributed by atoms with Crippen LogP contribution in [-0.2, 0) is 26.5 Å². The standard InChI is InChI=1S/C29H33N3O5/c1-20(6-4-10-26(34)30-16-5-7-23(30)19-33)29(37)24-8-2-3-9-25(24)32(28(29)36)18-21-11-13-22(14-12-21)31-17-15-27(31)35/h2-4,6,8-9,11-14,20,23,33,37H,5,7,10,15-19H2,1H3/b6-4+/t20-,23+,29+/m1/s1. The molecule has 3 atom stereocenters. The number of likely N-dealkylation sites (tertiary alicyclic amines) is 1. The first-order valence-electron chi connectivity index (χ1n) is 12.9. The van der Waals surface area contributed by atoms with Crippen LogP contribution >= 0.6 is 0 Å². The van der Waals surface area contributed by atoms with Crippen LogP contribution in [0.3, 0.4) is 0 Å². The van der Waals surface area contributed by atoms with Crippen LogP contribution in [-0.4, -0.2) is 58.6 Å². The van der Waals surface area contributed by atoms with Gasteiger partial charge in [-0.3, -0.25) is 14.4 Å². The van der Waals surface area contributed by atoms with Crippen molar-refractivity contribution in [3.05, 3.63) is 71.8 Å². The number of benzene rings is 2. The first kappa shape index (κ1) is 25.2. The maximum absolute atomic E-state index is 13.7. The summed E-state index contributed by atoms with van der Waals surface area (Å²) in [5, 5.41) is 21.2. The predicted octanol–water partition coefficient (Wildman–Crippen LogP) is 2.72. The van der Waals surface area contributed by atoms with Gasteiger partial charge in [0.25, 0.3) is 5.91 Å². The summed E-state index contributed by atoms with van der Waals surface area (Å²) in [6, 6.07) is 14.7. The van der Waals surface area contributed by atoms with Crippen LogP contribution in [0.2, 0.25) is 0 Å². The number of rotatable bonds is 8.